The van der Waals surface area contributed by atoms with E-state index in [1.54, 1.807) is 13.8 Å². The minimum atomic E-state index is -0.804. The van der Waals surface area contributed by atoms with Crippen molar-refractivity contribution in [3.05, 3.63) is 29.3 Å². The molecule has 0 atom stereocenters. The van der Waals surface area contributed by atoms with Crippen LogP contribution in [0.4, 0.5) is 4.39 Å². The zero-order valence-corrected chi connectivity index (χ0v) is 9.28. The number of pyridine rings is 1. The maximum Gasteiger partial charge on any atom is 0.339 e. The number of ketones is 1. The number of halogens is 1. The molecule has 16 heavy (non-hydrogen) atoms. The molecule has 0 spiro atoms. The van der Waals surface area contributed by atoms with Crippen LogP contribution < -0.4 is 0 Å². The van der Waals surface area contributed by atoms with Gasteiger partial charge in [0.2, 0.25) is 0 Å². The lowest BCUT2D eigenvalue weighted by Gasteiger charge is -2.05. The molecule has 0 unspecified atom stereocenters. The fraction of sp³-hybridized carbons (Fsp3) is 0.364. The van der Waals surface area contributed by atoms with Gasteiger partial charge in [-0.1, -0.05) is 13.8 Å². The quantitative estimate of drug-likeness (QED) is 0.581. The van der Waals surface area contributed by atoms with E-state index in [2.05, 4.69) is 9.72 Å². The van der Waals surface area contributed by atoms with Gasteiger partial charge >= 0.3 is 5.97 Å². The van der Waals surface area contributed by atoms with Crippen LogP contribution in [0.3, 0.4) is 0 Å². The van der Waals surface area contributed by atoms with E-state index >= 15 is 0 Å². The number of esters is 1. The Labute approximate surface area is 92.4 Å². The first-order chi connectivity index (χ1) is 7.47. The highest BCUT2D eigenvalue weighted by molar-refractivity contribution is 5.97. The first kappa shape index (κ1) is 12.3. The van der Waals surface area contributed by atoms with Crippen LogP contribution in [0.15, 0.2) is 12.3 Å². The van der Waals surface area contributed by atoms with Crippen molar-refractivity contribution in [2.75, 3.05) is 7.11 Å². The second-order valence-electron chi connectivity index (χ2n) is 3.56. The van der Waals surface area contributed by atoms with Crippen LogP contribution in [0.25, 0.3) is 0 Å². The summed E-state index contributed by atoms with van der Waals surface area (Å²) in [5.41, 5.74) is -0.261. The number of rotatable bonds is 3. The lowest BCUT2D eigenvalue weighted by atomic mass is 10.0. The number of aromatic nitrogens is 1. The van der Waals surface area contributed by atoms with E-state index in [0.29, 0.717) is 0 Å². The van der Waals surface area contributed by atoms with Crippen molar-refractivity contribution in [3.63, 3.8) is 0 Å². The van der Waals surface area contributed by atoms with Crippen molar-refractivity contribution in [1.82, 2.24) is 4.98 Å². The molecule has 0 amide bonds. The third kappa shape index (κ3) is 2.42. The van der Waals surface area contributed by atoms with Crippen LogP contribution >= 0.6 is 0 Å². The summed E-state index contributed by atoms with van der Waals surface area (Å²) in [7, 11) is 1.19. The molecule has 0 aliphatic carbocycles. The molecule has 4 nitrogen and oxygen atoms in total. The van der Waals surface area contributed by atoms with Crippen molar-refractivity contribution in [2.45, 2.75) is 13.8 Å². The maximum atomic E-state index is 13.5. The van der Waals surface area contributed by atoms with E-state index in [1.165, 1.54) is 7.11 Å². The maximum absolute atomic E-state index is 13.5. The monoisotopic (exact) mass is 225 g/mol. The molecule has 1 aromatic rings. The second-order valence-corrected chi connectivity index (χ2v) is 3.56. The Balaban J connectivity index is 3.10. The molecule has 0 fully saturated rings. The van der Waals surface area contributed by atoms with Gasteiger partial charge in [0.05, 0.1) is 12.7 Å². The fourth-order valence-electron chi connectivity index (χ4n) is 1.12. The molecule has 0 saturated carbocycles. The van der Waals surface area contributed by atoms with Gasteiger partial charge in [-0.3, -0.25) is 4.79 Å². The number of methoxy groups -OCH3 is 1. The molecular weight excluding hydrogens is 213 g/mol. The van der Waals surface area contributed by atoms with E-state index in [1.807, 2.05) is 0 Å². The molecule has 1 rings (SSSR count). The molecular formula is C11H12FNO3. The van der Waals surface area contributed by atoms with E-state index in [0.717, 1.165) is 12.3 Å². The molecule has 0 N–H and O–H groups in total. The predicted molar refractivity (Wildman–Crippen MR) is 54.7 cm³/mol. The molecule has 0 aliphatic heterocycles. The normalized spacial score (nSPS) is 10.3. The van der Waals surface area contributed by atoms with Crippen molar-refractivity contribution < 1.29 is 18.7 Å². The summed E-state index contributed by atoms with van der Waals surface area (Å²) in [6.07, 6.45) is 1.13. The van der Waals surface area contributed by atoms with Crippen molar-refractivity contribution in [1.29, 1.82) is 0 Å². The van der Waals surface area contributed by atoms with Crippen molar-refractivity contribution >= 4 is 11.8 Å². The van der Waals surface area contributed by atoms with Gasteiger partial charge < -0.3 is 4.74 Å². The van der Waals surface area contributed by atoms with Crippen LogP contribution in [-0.2, 0) is 4.74 Å². The van der Waals surface area contributed by atoms with Gasteiger partial charge in [-0.15, -0.1) is 0 Å². The lowest BCUT2D eigenvalue weighted by molar-refractivity contribution is 0.0599. The predicted octanol–water partition coefficient (Wildman–Crippen LogP) is 1.85. The number of hydrogen-bond donors (Lipinski definition) is 0. The lowest BCUT2D eigenvalue weighted by Crippen LogP contribution is -2.13. The minimum Gasteiger partial charge on any atom is -0.465 e. The van der Waals surface area contributed by atoms with Gasteiger partial charge in [-0.2, -0.15) is 0 Å². The summed E-state index contributed by atoms with van der Waals surface area (Å²) in [5.74, 6) is -2.23. The molecule has 0 aliphatic rings. The highest BCUT2D eigenvalue weighted by Gasteiger charge is 2.18. The smallest absolute Gasteiger partial charge is 0.339 e. The van der Waals surface area contributed by atoms with Crippen LogP contribution in [-0.4, -0.2) is 23.8 Å². The highest BCUT2D eigenvalue weighted by Crippen LogP contribution is 2.12. The Bertz CT molecular complexity index is 429. The summed E-state index contributed by atoms with van der Waals surface area (Å²) in [6.45, 7) is 3.30. The average Bonchev–Trinajstić information content (AvgIpc) is 2.26. The van der Waals surface area contributed by atoms with Gasteiger partial charge in [0.15, 0.2) is 11.6 Å². The molecule has 1 aromatic heterocycles. The van der Waals surface area contributed by atoms with Crippen LogP contribution in [0, 0.1) is 11.7 Å². The van der Waals surface area contributed by atoms with Gasteiger partial charge in [0.1, 0.15) is 5.69 Å². The average molecular weight is 225 g/mol. The Morgan fingerprint density at radius 3 is 2.50 bits per heavy atom. The fourth-order valence-corrected chi connectivity index (χ4v) is 1.12. The van der Waals surface area contributed by atoms with E-state index in [-0.39, 0.29) is 17.2 Å². The zero-order valence-electron chi connectivity index (χ0n) is 9.28. The van der Waals surface area contributed by atoms with Gasteiger partial charge in [0.25, 0.3) is 0 Å². The Morgan fingerprint density at radius 2 is 2.06 bits per heavy atom. The largest absolute Gasteiger partial charge is 0.465 e. The topological polar surface area (TPSA) is 56.3 Å². The van der Waals surface area contributed by atoms with E-state index in [9.17, 15) is 14.0 Å². The number of carbonyl (C=O) groups is 2. The van der Waals surface area contributed by atoms with Crippen LogP contribution in [0.1, 0.15) is 34.7 Å². The van der Waals surface area contributed by atoms with Crippen molar-refractivity contribution in [2.24, 2.45) is 5.92 Å². The first-order valence-corrected chi connectivity index (χ1v) is 4.75. The number of hydrogen-bond acceptors (Lipinski definition) is 4. The molecule has 1 heterocycles. The van der Waals surface area contributed by atoms with E-state index < -0.39 is 17.6 Å². The third-order valence-corrected chi connectivity index (χ3v) is 2.02. The van der Waals surface area contributed by atoms with Crippen LogP contribution in [0.2, 0.25) is 0 Å². The molecule has 0 aromatic carbocycles. The van der Waals surface area contributed by atoms with Crippen molar-refractivity contribution in [3.8, 4) is 0 Å². The summed E-state index contributed by atoms with van der Waals surface area (Å²) >= 11 is 0. The second kappa shape index (κ2) is 4.83. The summed E-state index contributed by atoms with van der Waals surface area (Å²) in [5, 5.41) is 0. The molecule has 86 valence electrons. The Morgan fingerprint density at radius 1 is 1.44 bits per heavy atom. The van der Waals surface area contributed by atoms with Gasteiger partial charge in [-0.25, -0.2) is 14.2 Å². The number of Topliss-reactive ketones (excluding diaryl/α,β-unsaturated/α-hetero) is 1. The number of carbonyl (C=O) groups excluding carboxylic acids is 2. The standard InChI is InChI=1S/C11H12FNO3/c1-6(2)10(14)9-8(12)4-7(5-13-9)11(15)16-3/h4-6H,1-3H3. The third-order valence-electron chi connectivity index (χ3n) is 2.02. The Hall–Kier alpha value is -1.78. The summed E-state index contributed by atoms with van der Waals surface area (Å²) in [4.78, 5) is 26.2. The molecule has 5 heteroatoms. The molecule has 0 saturated heterocycles. The zero-order chi connectivity index (χ0) is 12.3. The first-order valence-electron chi connectivity index (χ1n) is 4.75. The van der Waals surface area contributed by atoms with Gasteiger partial charge in [-0.05, 0) is 6.07 Å². The van der Waals surface area contributed by atoms with Gasteiger partial charge in [0, 0.05) is 12.1 Å². The Kier molecular flexibility index (Phi) is 3.71. The summed E-state index contributed by atoms with van der Waals surface area (Å²) < 4.78 is 17.9. The highest BCUT2D eigenvalue weighted by atomic mass is 19.1. The SMILES string of the molecule is COC(=O)c1cnc(C(=O)C(C)C)c(F)c1. The number of ether oxygens (including phenoxy) is 1. The summed E-state index contributed by atoms with van der Waals surface area (Å²) in [6, 6.07) is 0.953. The van der Waals surface area contributed by atoms with E-state index in [4.69, 9.17) is 0 Å². The molecule has 0 bridgehead atoms. The molecule has 0 radical (unpaired) electrons. The van der Waals surface area contributed by atoms with Crippen LogP contribution in [0.5, 0.6) is 0 Å². The minimum absolute atomic E-state index is 0.0136. The number of nitrogens with zero attached hydrogens (tertiary/aromatic N) is 1.